The molecule has 0 aliphatic heterocycles. The summed E-state index contributed by atoms with van der Waals surface area (Å²) >= 11 is 0. The van der Waals surface area contributed by atoms with Crippen molar-refractivity contribution in [3.05, 3.63) is 70.1 Å². The average molecular weight is 345 g/mol. The Kier molecular flexibility index (Phi) is 13.6. The summed E-state index contributed by atoms with van der Waals surface area (Å²) in [5.41, 5.74) is 5.55. The second-order valence-electron chi connectivity index (χ2n) is 6.20. The topological polar surface area (TPSA) is 0 Å². The highest BCUT2D eigenvalue weighted by molar-refractivity contribution is 7.22. The molecule has 24 heavy (non-hydrogen) atoms. The summed E-state index contributed by atoms with van der Waals surface area (Å²) in [6, 6.07) is 0. The zero-order valence-electron chi connectivity index (χ0n) is 16.7. The zero-order chi connectivity index (χ0) is 18.4. The molecule has 1 atom stereocenters. The van der Waals surface area contributed by atoms with Crippen LogP contribution in [0.5, 0.6) is 0 Å². The van der Waals surface area contributed by atoms with Crippen molar-refractivity contribution < 1.29 is 0 Å². The first kappa shape index (κ1) is 22.9. The van der Waals surface area contributed by atoms with Gasteiger partial charge in [0.15, 0.2) is 0 Å². The second kappa shape index (κ2) is 14.2. The van der Waals surface area contributed by atoms with E-state index in [9.17, 15) is 0 Å². The molecule has 1 heteroatoms. The van der Waals surface area contributed by atoms with Crippen LogP contribution >= 0.6 is 9.24 Å². The molecule has 134 valence electrons. The maximum Gasteiger partial charge on any atom is -0.0279 e. The predicted molar refractivity (Wildman–Crippen MR) is 116 cm³/mol. The Balaban J connectivity index is 5.35. The van der Waals surface area contributed by atoms with Crippen LogP contribution in [-0.4, -0.2) is 0 Å². The van der Waals surface area contributed by atoms with E-state index in [4.69, 9.17) is 0 Å². The lowest BCUT2D eigenvalue weighted by Crippen LogP contribution is -1.87. The third-order valence-corrected chi connectivity index (χ3v) is 4.50. The van der Waals surface area contributed by atoms with Gasteiger partial charge in [-0.25, -0.2) is 0 Å². The van der Waals surface area contributed by atoms with Gasteiger partial charge in [0.05, 0.1) is 0 Å². The molecule has 0 aromatic carbocycles. The summed E-state index contributed by atoms with van der Waals surface area (Å²) < 4.78 is 0. The summed E-state index contributed by atoms with van der Waals surface area (Å²) in [4.78, 5) is 0. The molecule has 0 aliphatic rings. The normalized spacial score (nSPS) is 15.5. The lowest BCUT2D eigenvalue weighted by atomic mass is 9.99. The Labute approximate surface area is 153 Å². The maximum absolute atomic E-state index is 2.85. The lowest BCUT2D eigenvalue weighted by Gasteiger charge is -2.07. The molecule has 0 spiro atoms. The van der Waals surface area contributed by atoms with E-state index in [1.165, 1.54) is 40.4 Å². The van der Waals surface area contributed by atoms with Crippen molar-refractivity contribution in [1.82, 2.24) is 0 Å². The Morgan fingerprint density at radius 1 is 0.750 bits per heavy atom. The van der Waals surface area contributed by atoms with Gasteiger partial charge >= 0.3 is 0 Å². The molecule has 0 saturated heterocycles. The van der Waals surface area contributed by atoms with E-state index in [0.29, 0.717) is 0 Å². The van der Waals surface area contributed by atoms with Crippen LogP contribution < -0.4 is 0 Å². The van der Waals surface area contributed by atoms with Crippen LogP contribution in [0.25, 0.3) is 0 Å². The summed E-state index contributed by atoms with van der Waals surface area (Å²) in [6.07, 6.45) is 21.2. The Morgan fingerprint density at radius 3 is 1.88 bits per heavy atom. The third kappa shape index (κ3) is 9.89. The van der Waals surface area contributed by atoms with Gasteiger partial charge < -0.3 is 0 Å². The summed E-state index contributed by atoms with van der Waals surface area (Å²) in [6.45, 7) is 13.2. The molecule has 0 heterocycles. The molecular formula is C23H37P. The summed E-state index contributed by atoms with van der Waals surface area (Å²) in [5.74, 6) is 0. The Bertz CT molecular complexity index is 536. The van der Waals surface area contributed by atoms with Gasteiger partial charge in [-0.05, 0) is 62.3 Å². The largest absolute Gasteiger partial charge is 0.110 e. The summed E-state index contributed by atoms with van der Waals surface area (Å²) in [7, 11) is 2.85. The molecule has 0 amide bonds. The number of hydrogen-bond acceptors (Lipinski definition) is 0. The van der Waals surface area contributed by atoms with Gasteiger partial charge in [-0.3, -0.25) is 0 Å². The van der Waals surface area contributed by atoms with Crippen molar-refractivity contribution in [1.29, 1.82) is 0 Å². The molecule has 0 aromatic rings. The fourth-order valence-corrected chi connectivity index (χ4v) is 2.85. The molecular weight excluding hydrogens is 307 g/mol. The Hall–Kier alpha value is -1.13. The van der Waals surface area contributed by atoms with Crippen LogP contribution in [0.15, 0.2) is 70.1 Å². The Morgan fingerprint density at radius 2 is 1.33 bits per heavy atom. The summed E-state index contributed by atoms with van der Waals surface area (Å²) in [5, 5.41) is 1.37. The number of hydrogen-bond donors (Lipinski definition) is 0. The first-order valence-corrected chi connectivity index (χ1v) is 9.90. The fraction of sp³-hybridized carbons (Fsp3) is 0.478. The number of rotatable bonds is 10. The fourth-order valence-electron chi connectivity index (χ4n) is 2.47. The van der Waals surface area contributed by atoms with Crippen LogP contribution in [0.1, 0.15) is 73.6 Å². The van der Waals surface area contributed by atoms with Crippen molar-refractivity contribution in [3.63, 3.8) is 0 Å². The van der Waals surface area contributed by atoms with Gasteiger partial charge in [-0.15, -0.1) is 9.24 Å². The lowest BCUT2D eigenvalue weighted by molar-refractivity contribution is 0.911. The average Bonchev–Trinajstić information content (AvgIpc) is 2.57. The monoisotopic (exact) mass is 344 g/mol. The molecule has 0 radical (unpaired) electrons. The highest BCUT2D eigenvalue weighted by atomic mass is 31.0. The van der Waals surface area contributed by atoms with E-state index in [1.807, 2.05) is 0 Å². The van der Waals surface area contributed by atoms with E-state index in [1.54, 1.807) is 0 Å². The van der Waals surface area contributed by atoms with E-state index in [-0.39, 0.29) is 0 Å². The van der Waals surface area contributed by atoms with Crippen molar-refractivity contribution in [2.75, 3.05) is 0 Å². The van der Waals surface area contributed by atoms with Crippen LogP contribution in [-0.2, 0) is 0 Å². The highest BCUT2D eigenvalue weighted by Crippen LogP contribution is 2.20. The molecule has 0 nitrogen and oxygen atoms in total. The highest BCUT2D eigenvalue weighted by Gasteiger charge is 1.99. The van der Waals surface area contributed by atoms with E-state index in [2.05, 4.69) is 93.3 Å². The van der Waals surface area contributed by atoms with Crippen LogP contribution in [0.2, 0.25) is 0 Å². The van der Waals surface area contributed by atoms with E-state index >= 15 is 0 Å². The van der Waals surface area contributed by atoms with Crippen molar-refractivity contribution >= 4 is 9.24 Å². The second-order valence-corrected chi connectivity index (χ2v) is 6.95. The molecule has 0 aliphatic carbocycles. The molecule has 0 bridgehead atoms. The molecule has 0 aromatic heterocycles. The smallest absolute Gasteiger partial charge is 0.0279 e. The molecule has 0 saturated carbocycles. The van der Waals surface area contributed by atoms with Crippen molar-refractivity contribution in [3.8, 4) is 0 Å². The maximum atomic E-state index is 2.85. The van der Waals surface area contributed by atoms with Gasteiger partial charge in [-0.2, -0.15) is 0 Å². The minimum absolute atomic E-state index is 1.06. The van der Waals surface area contributed by atoms with E-state index in [0.717, 1.165) is 19.3 Å². The van der Waals surface area contributed by atoms with Crippen LogP contribution in [0.3, 0.4) is 0 Å². The predicted octanol–water partition coefficient (Wildman–Crippen LogP) is 8.08. The SMILES string of the molecule is C\C=C/C=C(CCC)/C(C)=C/C=C(CC)/C(C)=C/C=C(/P)CCC. The van der Waals surface area contributed by atoms with Gasteiger partial charge in [0, 0.05) is 0 Å². The molecule has 0 N–H and O–H groups in total. The first-order valence-electron chi connectivity index (χ1n) is 9.32. The van der Waals surface area contributed by atoms with Gasteiger partial charge in [0.2, 0.25) is 0 Å². The van der Waals surface area contributed by atoms with Crippen molar-refractivity contribution in [2.24, 2.45) is 0 Å². The molecule has 0 fully saturated rings. The molecule has 1 unspecified atom stereocenters. The first-order chi connectivity index (χ1) is 11.5. The zero-order valence-corrected chi connectivity index (χ0v) is 17.8. The molecule has 0 rings (SSSR count). The van der Waals surface area contributed by atoms with Gasteiger partial charge in [0.1, 0.15) is 0 Å². The third-order valence-electron chi connectivity index (χ3n) is 4.02. The van der Waals surface area contributed by atoms with Crippen LogP contribution in [0.4, 0.5) is 0 Å². The minimum atomic E-state index is 1.06. The minimum Gasteiger partial charge on any atom is -0.110 e. The van der Waals surface area contributed by atoms with Gasteiger partial charge in [-0.1, -0.05) is 81.5 Å². The van der Waals surface area contributed by atoms with E-state index < -0.39 is 0 Å². The standard InChI is InChI=1S/C23H37P/c1-7-11-14-22(12-8-2)20(6)15-17-21(10-4)19(5)16-18-23(24)13-9-3/h7,11,14-18H,8-10,12-13,24H2,1-6H3/b11-7-,19-16+,20-15+,21-17+,22-14+,23-18+. The van der Waals surface area contributed by atoms with Crippen molar-refractivity contribution in [2.45, 2.75) is 73.6 Å². The van der Waals surface area contributed by atoms with Crippen LogP contribution in [0, 0.1) is 0 Å². The van der Waals surface area contributed by atoms with Gasteiger partial charge in [0.25, 0.3) is 0 Å². The quantitative estimate of drug-likeness (QED) is 0.277. The number of allylic oxidation sites excluding steroid dienone is 12.